The van der Waals surface area contributed by atoms with Crippen molar-refractivity contribution in [2.75, 3.05) is 13.2 Å². The van der Waals surface area contributed by atoms with Crippen LogP contribution in [0.15, 0.2) is 0 Å². The van der Waals surface area contributed by atoms with Crippen molar-refractivity contribution in [2.24, 2.45) is 5.92 Å². The van der Waals surface area contributed by atoms with Crippen molar-refractivity contribution in [1.29, 1.82) is 0 Å². The SMILES string of the molecule is CC(CO)CNC1CCC(O)CC1.CCC(C)=O. The standard InChI is InChI=1S/C10H21NO2.C4H8O/c1-8(7-12)6-11-9-2-4-10(13)5-3-9;1-3-4(2)5/h8-13H,2-7H2,1H3;3H2,1-2H3. The molecule has 0 aromatic rings. The number of aliphatic hydroxyl groups excluding tert-OH is 2. The molecule has 1 unspecified atom stereocenters. The third-order valence-electron chi connectivity index (χ3n) is 3.26. The number of rotatable bonds is 5. The van der Waals surface area contributed by atoms with E-state index in [1.807, 2.05) is 13.8 Å². The normalized spacial score (nSPS) is 24.9. The van der Waals surface area contributed by atoms with Crippen molar-refractivity contribution in [1.82, 2.24) is 5.32 Å². The summed E-state index contributed by atoms with van der Waals surface area (Å²) in [5.41, 5.74) is 0. The lowest BCUT2D eigenvalue weighted by Crippen LogP contribution is -2.37. The fraction of sp³-hybridized carbons (Fsp3) is 0.929. The molecule has 1 rings (SSSR count). The van der Waals surface area contributed by atoms with E-state index in [2.05, 4.69) is 5.32 Å². The molecule has 0 heterocycles. The van der Waals surface area contributed by atoms with Gasteiger partial charge in [0.2, 0.25) is 0 Å². The molecule has 0 aromatic carbocycles. The summed E-state index contributed by atoms with van der Waals surface area (Å²) in [5.74, 6) is 0.594. The number of aliphatic hydroxyl groups is 2. The Morgan fingerprint density at radius 2 is 1.83 bits per heavy atom. The Morgan fingerprint density at radius 3 is 2.22 bits per heavy atom. The predicted molar refractivity (Wildman–Crippen MR) is 73.5 cm³/mol. The average molecular weight is 259 g/mol. The van der Waals surface area contributed by atoms with Crippen molar-refractivity contribution in [2.45, 2.75) is 65.0 Å². The number of carbonyl (C=O) groups is 1. The molecular formula is C14H29NO3. The van der Waals surface area contributed by atoms with Crippen molar-refractivity contribution in [3.63, 3.8) is 0 Å². The average Bonchev–Trinajstić information content (AvgIpc) is 2.38. The van der Waals surface area contributed by atoms with Crippen LogP contribution in [-0.2, 0) is 4.79 Å². The minimum absolute atomic E-state index is 0.0756. The smallest absolute Gasteiger partial charge is 0.129 e. The highest BCUT2D eigenvalue weighted by Gasteiger charge is 2.18. The van der Waals surface area contributed by atoms with Crippen LogP contribution in [0.4, 0.5) is 0 Å². The lowest BCUT2D eigenvalue weighted by molar-refractivity contribution is -0.116. The van der Waals surface area contributed by atoms with Gasteiger partial charge in [0.1, 0.15) is 5.78 Å². The number of carbonyl (C=O) groups excluding carboxylic acids is 1. The van der Waals surface area contributed by atoms with Crippen LogP contribution in [0.5, 0.6) is 0 Å². The van der Waals surface area contributed by atoms with Crippen LogP contribution < -0.4 is 5.32 Å². The van der Waals surface area contributed by atoms with E-state index in [9.17, 15) is 9.90 Å². The van der Waals surface area contributed by atoms with Gasteiger partial charge in [-0.05, 0) is 38.5 Å². The lowest BCUT2D eigenvalue weighted by atomic mass is 9.93. The van der Waals surface area contributed by atoms with E-state index < -0.39 is 0 Å². The second kappa shape index (κ2) is 10.5. The van der Waals surface area contributed by atoms with Crippen LogP contribution in [0, 0.1) is 5.92 Å². The van der Waals surface area contributed by atoms with E-state index in [1.54, 1.807) is 6.92 Å². The molecular weight excluding hydrogens is 230 g/mol. The molecule has 1 aliphatic carbocycles. The lowest BCUT2D eigenvalue weighted by Gasteiger charge is -2.27. The molecule has 0 aliphatic heterocycles. The van der Waals surface area contributed by atoms with E-state index in [0.29, 0.717) is 18.4 Å². The van der Waals surface area contributed by atoms with Crippen LogP contribution in [0.3, 0.4) is 0 Å². The maximum Gasteiger partial charge on any atom is 0.129 e. The van der Waals surface area contributed by atoms with E-state index in [-0.39, 0.29) is 18.5 Å². The Kier molecular flexibility index (Phi) is 10.2. The van der Waals surface area contributed by atoms with E-state index in [1.165, 1.54) is 0 Å². The Bertz CT molecular complexity index is 213. The van der Waals surface area contributed by atoms with Crippen LogP contribution >= 0.6 is 0 Å². The minimum Gasteiger partial charge on any atom is -0.396 e. The molecule has 0 spiro atoms. The molecule has 18 heavy (non-hydrogen) atoms. The fourth-order valence-electron chi connectivity index (χ4n) is 1.71. The zero-order chi connectivity index (χ0) is 14.0. The number of nitrogens with one attached hydrogen (secondary N) is 1. The molecule has 108 valence electrons. The molecule has 4 nitrogen and oxygen atoms in total. The Balaban J connectivity index is 0.000000494. The molecule has 1 aliphatic rings. The molecule has 1 saturated carbocycles. The molecule has 4 heteroatoms. The molecule has 0 amide bonds. The third kappa shape index (κ3) is 9.57. The summed E-state index contributed by atoms with van der Waals surface area (Å²) in [4.78, 5) is 9.81. The Morgan fingerprint density at radius 1 is 1.33 bits per heavy atom. The third-order valence-corrected chi connectivity index (χ3v) is 3.26. The van der Waals surface area contributed by atoms with Crippen molar-refractivity contribution in [3.05, 3.63) is 0 Å². The van der Waals surface area contributed by atoms with E-state index in [4.69, 9.17) is 5.11 Å². The summed E-state index contributed by atoms with van der Waals surface area (Å²) >= 11 is 0. The summed E-state index contributed by atoms with van der Waals surface area (Å²) < 4.78 is 0. The number of ketones is 1. The van der Waals surface area contributed by atoms with Crippen LogP contribution in [-0.4, -0.2) is 41.3 Å². The highest BCUT2D eigenvalue weighted by molar-refractivity contribution is 5.74. The van der Waals surface area contributed by atoms with Crippen LogP contribution in [0.25, 0.3) is 0 Å². The van der Waals surface area contributed by atoms with E-state index in [0.717, 1.165) is 32.2 Å². The van der Waals surface area contributed by atoms with Gasteiger partial charge in [-0.1, -0.05) is 13.8 Å². The summed E-state index contributed by atoms with van der Waals surface area (Å²) in [5, 5.41) is 21.5. The first-order valence-electron chi connectivity index (χ1n) is 7.01. The summed E-state index contributed by atoms with van der Waals surface area (Å²) in [7, 11) is 0. The number of hydrogen-bond acceptors (Lipinski definition) is 4. The molecule has 0 bridgehead atoms. The van der Waals surface area contributed by atoms with Crippen molar-refractivity contribution in [3.8, 4) is 0 Å². The van der Waals surface area contributed by atoms with Gasteiger partial charge in [0.25, 0.3) is 0 Å². The molecule has 0 saturated heterocycles. The first-order valence-corrected chi connectivity index (χ1v) is 7.01. The zero-order valence-electron chi connectivity index (χ0n) is 12.0. The maximum absolute atomic E-state index is 9.81. The first-order chi connectivity index (χ1) is 8.49. The molecule has 1 atom stereocenters. The van der Waals surface area contributed by atoms with Crippen molar-refractivity contribution >= 4 is 5.78 Å². The van der Waals surface area contributed by atoms with Gasteiger partial charge in [0.05, 0.1) is 6.10 Å². The molecule has 3 N–H and O–H groups in total. The molecule has 0 radical (unpaired) electrons. The highest BCUT2D eigenvalue weighted by atomic mass is 16.3. The minimum atomic E-state index is -0.0756. The zero-order valence-corrected chi connectivity index (χ0v) is 12.0. The second-order valence-electron chi connectivity index (χ2n) is 5.26. The number of Topliss-reactive ketones (excluding diaryl/α,β-unsaturated/α-hetero) is 1. The second-order valence-corrected chi connectivity index (χ2v) is 5.26. The van der Waals surface area contributed by atoms with Gasteiger partial charge in [-0.3, -0.25) is 0 Å². The van der Waals surface area contributed by atoms with Crippen molar-refractivity contribution < 1.29 is 15.0 Å². The predicted octanol–water partition coefficient (Wildman–Crippen LogP) is 1.49. The van der Waals surface area contributed by atoms with Gasteiger partial charge in [-0.15, -0.1) is 0 Å². The largest absolute Gasteiger partial charge is 0.396 e. The van der Waals surface area contributed by atoms with Gasteiger partial charge in [-0.25, -0.2) is 0 Å². The quantitative estimate of drug-likeness (QED) is 0.700. The van der Waals surface area contributed by atoms with Crippen LogP contribution in [0.1, 0.15) is 52.9 Å². The van der Waals surface area contributed by atoms with Gasteiger partial charge in [0, 0.05) is 25.6 Å². The Labute approximate surface area is 111 Å². The summed E-state index contributed by atoms with van der Waals surface area (Å²) in [6.07, 6.45) is 4.57. The summed E-state index contributed by atoms with van der Waals surface area (Å²) in [6, 6.07) is 0.553. The Hall–Kier alpha value is -0.450. The van der Waals surface area contributed by atoms with Crippen LogP contribution in [0.2, 0.25) is 0 Å². The molecule has 1 fully saturated rings. The monoisotopic (exact) mass is 259 g/mol. The van der Waals surface area contributed by atoms with Gasteiger partial charge in [0.15, 0.2) is 0 Å². The van der Waals surface area contributed by atoms with Gasteiger partial charge in [-0.2, -0.15) is 0 Å². The summed E-state index contributed by atoms with van der Waals surface area (Å²) in [6.45, 7) is 6.60. The number of hydrogen-bond donors (Lipinski definition) is 3. The first kappa shape index (κ1) is 17.6. The van der Waals surface area contributed by atoms with Gasteiger partial charge >= 0.3 is 0 Å². The van der Waals surface area contributed by atoms with E-state index >= 15 is 0 Å². The maximum atomic E-state index is 9.81. The fourth-order valence-corrected chi connectivity index (χ4v) is 1.71. The van der Waals surface area contributed by atoms with Gasteiger partial charge < -0.3 is 20.3 Å². The topological polar surface area (TPSA) is 69.6 Å². The molecule has 0 aromatic heterocycles. The highest BCUT2D eigenvalue weighted by Crippen LogP contribution is 2.18.